The maximum absolute atomic E-state index is 12.1. The van der Waals surface area contributed by atoms with Crippen LogP contribution in [0.4, 0.5) is 27.8 Å². The summed E-state index contributed by atoms with van der Waals surface area (Å²) in [6.07, 6.45) is 0. The number of hydrogen-bond donors (Lipinski definition) is 2. The van der Waals surface area contributed by atoms with E-state index in [1.54, 1.807) is 6.07 Å². The molecule has 1 aliphatic rings. The van der Waals surface area contributed by atoms with E-state index in [9.17, 15) is 4.79 Å². The molecule has 1 saturated heterocycles. The highest BCUT2D eigenvalue weighted by molar-refractivity contribution is 5.99. The SMILES string of the molecule is Cc1cccc(N2CCN(c3ccc(NC(=O)Nc4ccccc4)nn3)CC2)c1. The second kappa shape index (κ2) is 8.60. The largest absolute Gasteiger partial charge is 0.368 e. The summed E-state index contributed by atoms with van der Waals surface area (Å²) in [4.78, 5) is 16.7. The summed E-state index contributed by atoms with van der Waals surface area (Å²) >= 11 is 0. The van der Waals surface area contributed by atoms with Gasteiger partial charge in [0.15, 0.2) is 11.6 Å². The Kier molecular flexibility index (Phi) is 5.56. The Balaban J connectivity index is 1.31. The number of urea groups is 1. The third-order valence-electron chi connectivity index (χ3n) is 4.89. The number of piperazine rings is 1. The number of carbonyl (C=O) groups is 1. The van der Waals surface area contributed by atoms with Gasteiger partial charge >= 0.3 is 6.03 Å². The summed E-state index contributed by atoms with van der Waals surface area (Å²) in [7, 11) is 0. The van der Waals surface area contributed by atoms with E-state index in [-0.39, 0.29) is 6.03 Å². The van der Waals surface area contributed by atoms with Crippen LogP contribution in [0.15, 0.2) is 66.7 Å². The Hall–Kier alpha value is -3.61. The molecule has 0 bridgehead atoms. The molecule has 3 aromatic rings. The number of rotatable bonds is 4. The van der Waals surface area contributed by atoms with E-state index < -0.39 is 0 Å². The molecule has 0 atom stereocenters. The highest BCUT2D eigenvalue weighted by Crippen LogP contribution is 2.20. The van der Waals surface area contributed by atoms with Gasteiger partial charge in [0.2, 0.25) is 0 Å². The number of amides is 2. The summed E-state index contributed by atoms with van der Waals surface area (Å²) in [5.41, 5.74) is 3.26. The minimum absolute atomic E-state index is 0.343. The van der Waals surface area contributed by atoms with Crippen LogP contribution in [-0.4, -0.2) is 42.4 Å². The number of aromatic nitrogens is 2. The van der Waals surface area contributed by atoms with Crippen LogP contribution in [0.1, 0.15) is 5.56 Å². The highest BCUT2D eigenvalue weighted by Gasteiger charge is 2.19. The summed E-state index contributed by atoms with van der Waals surface area (Å²) in [6, 6.07) is 21.2. The van der Waals surface area contributed by atoms with Crippen molar-refractivity contribution in [2.24, 2.45) is 0 Å². The molecule has 148 valence electrons. The van der Waals surface area contributed by atoms with Gasteiger partial charge in [0.1, 0.15) is 0 Å². The number of benzene rings is 2. The molecular weight excluding hydrogens is 364 g/mol. The Morgan fingerprint density at radius 3 is 2.28 bits per heavy atom. The van der Waals surface area contributed by atoms with Crippen LogP contribution in [0.5, 0.6) is 0 Å². The Bertz CT molecular complexity index is 953. The van der Waals surface area contributed by atoms with E-state index in [1.807, 2.05) is 36.4 Å². The number of nitrogens with one attached hydrogen (secondary N) is 2. The minimum atomic E-state index is -0.343. The first-order chi connectivity index (χ1) is 14.2. The second-order valence-electron chi connectivity index (χ2n) is 7.04. The van der Waals surface area contributed by atoms with Crippen molar-refractivity contribution in [1.29, 1.82) is 0 Å². The van der Waals surface area contributed by atoms with Gasteiger partial charge in [-0.25, -0.2) is 4.79 Å². The maximum Gasteiger partial charge on any atom is 0.324 e. The first-order valence-corrected chi connectivity index (χ1v) is 9.71. The molecule has 1 aliphatic heterocycles. The molecule has 0 aliphatic carbocycles. The topological polar surface area (TPSA) is 73.4 Å². The first kappa shape index (κ1) is 18.7. The minimum Gasteiger partial charge on any atom is -0.368 e. The van der Waals surface area contributed by atoms with Crippen molar-refractivity contribution in [1.82, 2.24) is 10.2 Å². The molecule has 0 spiro atoms. The lowest BCUT2D eigenvalue weighted by Crippen LogP contribution is -2.46. The summed E-state index contributed by atoms with van der Waals surface area (Å²) in [5, 5.41) is 13.9. The number of hydrogen-bond acceptors (Lipinski definition) is 5. The van der Waals surface area contributed by atoms with Crippen LogP contribution >= 0.6 is 0 Å². The van der Waals surface area contributed by atoms with E-state index >= 15 is 0 Å². The average molecular weight is 388 g/mol. The second-order valence-corrected chi connectivity index (χ2v) is 7.04. The molecule has 2 aromatic carbocycles. The van der Waals surface area contributed by atoms with Crippen LogP contribution in [0.3, 0.4) is 0 Å². The van der Waals surface area contributed by atoms with E-state index in [0.717, 1.165) is 37.7 Å². The van der Waals surface area contributed by atoms with Crippen molar-refractivity contribution >= 4 is 29.0 Å². The Morgan fingerprint density at radius 1 is 0.828 bits per heavy atom. The molecule has 2 N–H and O–H groups in total. The quantitative estimate of drug-likeness (QED) is 0.712. The van der Waals surface area contributed by atoms with E-state index in [1.165, 1.54) is 11.3 Å². The van der Waals surface area contributed by atoms with E-state index in [4.69, 9.17) is 0 Å². The van der Waals surface area contributed by atoms with Crippen LogP contribution in [0.25, 0.3) is 0 Å². The zero-order valence-electron chi connectivity index (χ0n) is 16.4. The van der Waals surface area contributed by atoms with E-state index in [0.29, 0.717) is 5.82 Å². The summed E-state index contributed by atoms with van der Waals surface area (Å²) in [6.45, 7) is 5.74. The molecule has 7 heteroatoms. The number of aryl methyl sites for hydroxylation is 1. The van der Waals surface area contributed by atoms with Gasteiger partial charge in [0.25, 0.3) is 0 Å². The lowest BCUT2D eigenvalue weighted by Gasteiger charge is -2.36. The fraction of sp³-hybridized carbons (Fsp3) is 0.227. The molecule has 0 unspecified atom stereocenters. The van der Waals surface area contributed by atoms with Gasteiger partial charge in [0.05, 0.1) is 0 Å². The fourth-order valence-electron chi connectivity index (χ4n) is 3.38. The zero-order chi connectivity index (χ0) is 20.1. The molecule has 1 fully saturated rings. The van der Waals surface area contributed by atoms with E-state index in [2.05, 4.69) is 61.8 Å². The van der Waals surface area contributed by atoms with Crippen LogP contribution in [0, 0.1) is 6.92 Å². The first-order valence-electron chi connectivity index (χ1n) is 9.71. The molecule has 0 radical (unpaired) electrons. The van der Waals surface area contributed by atoms with Crippen LogP contribution in [-0.2, 0) is 0 Å². The van der Waals surface area contributed by atoms with Crippen molar-refractivity contribution < 1.29 is 4.79 Å². The predicted molar refractivity (Wildman–Crippen MR) is 117 cm³/mol. The van der Waals surface area contributed by atoms with Gasteiger partial charge < -0.3 is 15.1 Å². The van der Waals surface area contributed by atoms with Crippen LogP contribution in [0.2, 0.25) is 0 Å². The fourth-order valence-corrected chi connectivity index (χ4v) is 3.38. The smallest absolute Gasteiger partial charge is 0.324 e. The number of para-hydroxylation sites is 1. The summed E-state index contributed by atoms with van der Waals surface area (Å²) < 4.78 is 0. The Morgan fingerprint density at radius 2 is 1.59 bits per heavy atom. The van der Waals surface area contributed by atoms with Gasteiger partial charge in [0, 0.05) is 37.6 Å². The molecule has 29 heavy (non-hydrogen) atoms. The number of carbonyl (C=O) groups excluding carboxylic acids is 1. The molecule has 2 heterocycles. The maximum atomic E-state index is 12.1. The molecule has 7 nitrogen and oxygen atoms in total. The third-order valence-corrected chi connectivity index (χ3v) is 4.89. The van der Waals surface area contributed by atoms with Crippen molar-refractivity contribution in [2.45, 2.75) is 6.92 Å². The third kappa shape index (κ3) is 4.82. The predicted octanol–water partition coefficient (Wildman–Crippen LogP) is 3.76. The standard InChI is InChI=1S/C22H24N6O/c1-17-6-5-9-19(16-17)27-12-14-28(15-13-27)21-11-10-20(25-26-21)24-22(29)23-18-7-3-2-4-8-18/h2-11,16H,12-15H2,1H3,(H2,23,24,25,29). The molecular formula is C22H24N6O. The summed E-state index contributed by atoms with van der Waals surface area (Å²) in [5.74, 6) is 1.24. The molecule has 2 amide bonds. The van der Waals surface area contributed by atoms with Crippen molar-refractivity contribution in [3.05, 3.63) is 72.3 Å². The van der Waals surface area contributed by atoms with Crippen molar-refractivity contribution in [3.63, 3.8) is 0 Å². The highest BCUT2D eigenvalue weighted by atomic mass is 16.2. The monoisotopic (exact) mass is 388 g/mol. The van der Waals surface area contributed by atoms with Gasteiger partial charge in [-0.3, -0.25) is 5.32 Å². The number of anilines is 4. The molecule has 0 saturated carbocycles. The van der Waals surface area contributed by atoms with Crippen molar-refractivity contribution in [3.8, 4) is 0 Å². The normalized spacial score (nSPS) is 13.8. The zero-order valence-corrected chi connectivity index (χ0v) is 16.4. The Labute approximate surface area is 170 Å². The van der Waals surface area contributed by atoms with Gasteiger partial charge in [-0.05, 0) is 48.9 Å². The molecule has 4 rings (SSSR count). The van der Waals surface area contributed by atoms with Gasteiger partial charge in [-0.15, -0.1) is 10.2 Å². The number of nitrogens with zero attached hydrogens (tertiary/aromatic N) is 4. The lowest BCUT2D eigenvalue weighted by molar-refractivity contribution is 0.262. The van der Waals surface area contributed by atoms with Gasteiger partial charge in [-0.1, -0.05) is 30.3 Å². The molecule has 1 aromatic heterocycles. The van der Waals surface area contributed by atoms with Crippen LogP contribution < -0.4 is 20.4 Å². The van der Waals surface area contributed by atoms with Crippen molar-refractivity contribution in [2.75, 3.05) is 46.6 Å². The lowest BCUT2D eigenvalue weighted by atomic mass is 10.2. The average Bonchev–Trinajstić information content (AvgIpc) is 2.75. The van der Waals surface area contributed by atoms with Gasteiger partial charge in [-0.2, -0.15) is 0 Å².